The monoisotopic (exact) mass is 548 g/mol. The molecule has 11 heteroatoms. The number of aliphatic hydroxyl groups is 1. The molecule has 1 N–H and O–H groups in total. The standard InChI is InChI=1S/C26H28O9S2/c1-18-8-12-21(13-9-18)36(28,29)33-16-23(27)25-24(17-32-26(34-25)20-6-4-3-5-7-20)35-37(30,31)22-14-10-19(2)11-15-22/h3-15,23-27H,16-17H2,1-2H3/t23-,24-,25-,26+/m1/s1. The summed E-state index contributed by atoms with van der Waals surface area (Å²) in [5, 5.41) is 10.9. The van der Waals surface area contributed by atoms with E-state index in [2.05, 4.69) is 0 Å². The van der Waals surface area contributed by atoms with Crippen LogP contribution in [0.4, 0.5) is 0 Å². The SMILES string of the molecule is Cc1ccc(S(=O)(=O)OC[C@@H](O)[C@H]2O[C@@H](c3ccccc3)OC[C@H]2OS(=O)(=O)c2ccc(C)cc2)cc1. The molecular formula is C26H28O9S2. The maximum Gasteiger partial charge on any atom is 0.297 e. The van der Waals surface area contributed by atoms with E-state index in [1.54, 1.807) is 48.5 Å². The molecule has 4 atom stereocenters. The van der Waals surface area contributed by atoms with Gasteiger partial charge in [0.15, 0.2) is 6.29 Å². The van der Waals surface area contributed by atoms with E-state index < -0.39 is 51.4 Å². The van der Waals surface area contributed by atoms with Crippen molar-refractivity contribution in [3.63, 3.8) is 0 Å². The molecule has 1 aliphatic heterocycles. The van der Waals surface area contributed by atoms with Crippen LogP contribution in [0.15, 0.2) is 88.7 Å². The summed E-state index contributed by atoms with van der Waals surface area (Å²) in [7, 11) is -8.43. The summed E-state index contributed by atoms with van der Waals surface area (Å²) in [5.41, 5.74) is 2.37. The molecule has 0 bridgehead atoms. The second kappa shape index (κ2) is 11.4. The lowest BCUT2D eigenvalue weighted by molar-refractivity contribution is -0.271. The Balaban J connectivity index is 1.54. The second-order valence-electron chi connectivity index (χ2n) is 8.70. The molecule has 0 aliphatic carbocycles. The van der Waals surface area contributed by atoms with E-state index in [0.29, 0.717) is 5.56 Å². The molecule has 0 saturated carbocycles. The van der Waals surface area contributed by atoms with E-state index in [-0.39, 0.29) is 16.4 Å². The van der Waals surface area contributed by atoms with E-state index in [0.717, 1.165) is 11.1 Å². The molecule has 1 aliphatic rings. The Morgan fingerprint density at radius 3 is 1.95 bits per heavy atom. The van der Waals surface area contributed by atoms with Crippen LogP contribution in [0.1, 0.15) is 23.0 Å². The van der Waals surface area contributed by atoms with Crippen molar-refractivity contribution in [3.8, 4) is 0 Å². The molecule has 1 heterocycles. The number of benzene rings is 3. The minimum absolute atomic E-state index is 0.0740. The molecular weight excluding hydrogens is 520 g/mol. The Morgan fingerprint density at radius 1 is 0.838 bits per heavy atom. The lowest BCUT2D eigenvalue weighted by Gasteiger charge is -2.38. The minimum Gasteiger partial charge on any atom is -0.388 e. The van der Waals surface area contributed by atoms with Crippen LogP contribution in [0.2, 0.25) is 0 Å². The van der Waals surface area contributed by atoms with Crippen molar-refractivity contribution in [1.82, 2.24) is 0 Å². The summed E-state index contributed by atoms with van der Waals surface area (Å²) >= 11 is 0. The molecule has 0 unspecified atom stereocenters. The minimum atomic E-state index is -4.25. The van der Waals surface area contributed by atoms with Gasteiger partial charge in [0.25, 0.3) is 20.2 Å². The average Bonchev–Trinajstić information content (AvgIpc) is 2.88. The van der Waals surface area contributed by atoms with E-state index in [9.17, 15) is 21.9 Å². The number of aryl methyl sites for hydroxylation is 2. The Hall–Kier alpha value is -2.64. The molecule has 198 valence electrons. The third kappa shape index (κ3) is 6.82. The number of ether oxygens (including phenoxy) is 2. The van der Waals surface area contributed by atoms with Crippen LogP contribution in [-0.2, 0) is 38.1 Å². The smallest absolute Gasteiger partial charge is 0.297 e. The first-order valence-electron chi connectivity index (χ1n) is 11.5. The van der Waals surface area contributed by atoms with Crippen molar-refractivity contribution < 1.29 is 39.8 Å². The normalized spacial score (nSPS) is 21.4. The van der Waals surface area contributed by atoms with Crippen LogP contribution >= 0.6 is 0 Å². The van der Waals surface area contributed by atoms with Gasteiger partial charge in [0.1, 0.15) is 18.3 Å². The van der Waals surface area contributed by atoms with E-state index in [1.807, 2.05) is 19.9 Å². The number of hydrogen-bond donors (Lipinski definition) is 1. The van der Waals surface area contributed by atoms with Crippen molar-refractivity contribution in [2.75, 3.05) is 13.2 Å². The molecule has 37 heavy (non-hydrogen) atoms. The van der Waals surface area contributed by atoms with E-state index >= 15 is 0 Å². The molecule has 1 fully saturated rings. The zero-order valence-corrected chi connectivity index (χ0v) is 21.9. The first-order valence-corrected chi connectivity index (χ1v) is 14.3. The highest BCUT2D eigenvalue weighted by Crippen LogP contribution is 2.31. The van der Waals surface area contributed by atoms with Crippen molar-refractivity contribution in [2.24, 2.45) is 0 Å². The fraction of sp³-hybridized carbons (Fsp3) is 0.308. The quantitative estimate of drug-likeness (QED) is 0.401. The Morgan fingerprint density at radius 2 is 1.38 bits per heavy atom. The third-order valence-corrected chi connectivity index (χ3v) is 8.42. The fourth-order valence-corrected chi connectivity index (χ4v) is 5.70. The summed E-state index contributed by atoms with van der Waals surface area (Å²) < 4.78 is 73.2. The van der Waals surface area contributed by atoms with Crippen molar-refractivity contribution in [3.05, 3.63) is 95.6 Å². The second-order valence-corrected chi connectivity index (χ2v) is 11.9. The summed E-state index contributed by atoms with van der Waals surface area (Å²) in [6.45, 7) is 2.71. The lowest BCUT2D eigenvalue weighted by atomic mass is 10.1. The van der Waals surface area contributed by atoms with Gasteiger partial charge in [-0.15, -0.1) is 0 Å². The first kappa shape index (κ1) is 27.4. The lowest BCUT2D eigenvalue weighted by Crippen LogP contribution is -2.51. The fourth-order valence-electron chi connectivity index (χ4n) is 3.70. The first-order chi connectivity index (χ1) is 17.5. The predicted molar refractivity (Wildman–Crippen MR) is 134 cm³/mol. The van der Waals surface area contributed by atoms with Gasteiger partial charge in [0.05, 0.1) is 23.0 Å². The van der Waals surface area contributed by atoms with Crippen LogP contribution in [0.25, 0.3) is 0 Å². The van der Waals surface area contributed by atoms with Gasteiger partial charge in [-0.2, -0.15) is 16.8 Å². The maximum atomic E-state index is 12.9. The summed E-state index contributed by atoms with van der Waals surface area (Å²) in [6.07, 6.45) is -5.05. The molecule has 0 aromatic heterocycles. The van der Waals surface area contributed by atoms with Gasteiger partial charge in [-0.3, -0.25) is 8.37 Å². The van der Waals surface area contributed by atoms with E-state index in [4.69, 9.17) is 17.8 Å². The highest BCUT2D eigenvalue weighted by atomic mass is 32.2. The summed E-state index contributed by atoms with van der Waals surface area (Å²) in [4.78, 5) is -0.148. The van der Waals surface area contributed by atoms with Crippen LogP contribution in [0.5, 0.6) is 0 Å². The molecule has 0 spiro atoms. The zero-order valence-electron chi connectivity index (χ0n) is 20.3. The average molecular weight is 549 g/mol. The van der Waals surface area contributed by atoms with Crippen LogP contribution in [0, 0.1) is 13.8 Å². The van der Waals surface area contributed by atoms with Crippen molar-refractivity contribution >= 4 is 20.2 Å². The maximum absolute atomic E-state index is 12.9. The molecule has 0 radical (unpaired) electrons. The number of rotatable bonds is 9. The highest BCUT2D eigenvalue weighted by molar-refractivity contribution is 7.87. The zero-order chi connectivity index (χ0) is 26.6. The Labute approximate surface area is 216 Å². The van der Waals surface area contributed by atoms with Gasteiger partial charge >= 0.3 is 0 Å². The Kier molecular flexibility index (Phi) is 8.44. The van der Waals surface area contributed by atoms with Gasteiger partial charge in [0, 0.05) is 5.56 Å². The van der Waals surface area contributed by atoms with Crippen LogP contribution < -0.4 is 0 Å². The molecule has 4 rings (SSSR count). The molecule has 3 aromatic rings. The van der Waals surface area contributed by atoms with Crippen LogP contribution in [0.3, 0.4) is 0 Å². The van der Waals surface area contributed by atoms with Crippen molar-refractivity contribution in [1.29, 1.82) is 0 Å². The summed E-state index contributed by atoms with van der Waals surface area (Å²) in [5.74, 6) is 0. The largest absolute Gasteiger partial charge is 0.388 e. The summed E-state index contributed by atoms with van der Waals surface area (Å²) in [6, 6.07) is 21.0. The predicted octanol–water partition coefficient (Wildman–Crippen LogP) is 3.26. The molecule has 9 nitrogen and oxygen atoms in total. The van der Waals surface area contributed by atoms with Gasteiger partial charge in [-0.1, -0.05) is 65.7 Å². The number of hydrogen-bond acceptors (Lipinski definition) is 9. The molecule has 1 saturated heterocycles. The van der Waals surface area contributed by atoms with Gasteiger partial charge in [-0.05, 0) is 38.1 Å². The Bertz CT molecular complexity index is 1390. The van der Waals surface area contributed by atoms with Gasteiger partial charge in [-0.25, -0.2) is 0 Å². The number of aliphatic hydroxyl groups excluding tert-OH is 1. The van der Waals surface area contributed by atoms with Crippen LogP contribution in [-0.4, -0.2) is 53.5 Å². The van der Waals surface area contributed by atoms with E-state index in [1.165, 1.54) is 24.3 Å². The third-order valence-electron chi connectivity index (χ3n) is 5.77. The highest BCUT2D eigenvalue weighted by Gasteiger charge is 2.41. The van der Waals surface area contributed by atoms with Gasteiger partial charge < -0.3 is 14.6 Å². The molecule has 3 aromatic carbocycles. The molecule has 0 amide bonds. The topological polar surface area (TPSA) is 125 Å². The van der Waals surface area contributed by atoms with Gasteiger partial charge in [0.2, 0.25) is 0 Å². The van der Waals surface area contributed by atoms with Crippen molar-refractivity contribution in [2.45, 2.75) is 48.2 Å².